The Bertz CT molecular complexity index is 543. The molecule has 0 radical (unpaired) electrons. The van der Waals surface area contributed by atoms with Crippen LogP contribution in [0.5, 0.6) is 5.75 Å². The highest BCUT2D eigenvalue weighted by atomic mass is 16.5. The minimum absolute atomic E-state index is 0.147. The monoisotopic (exact) mass is 293 g/mol. The Kier molecular flexibility index (Phi) is 4.80. The van der Waals surface area contributed by atoms with Gasteiger partial charge in [-0.3, -0.25) is 14.5 Å². The maximum Gasteiger partial charge on any atom is 0.326 e. The molecule has 0 saturated carbocycles. The van der Waals surface area contributed by atoms with Gasteiger partial charge in [-0.1, -0.05) is 13.0 Å². The van der Waals surface area contributed by atoms with Crippen molar-refractivity contribution in [3.63, 3.8) is 0 Å². The van der Waals surface area contributed by atoms with E-state index in [0.717, 1.165) is 0 Å². The summed E-state index contributed by atoms with van der Waals surface area (Å²) < 4.78 is 10.6. The fraction of sp³-hybridized carbons (Fsp3) is 0.467. The summed E-state index contributed by atoms with van der Waals surface area (Å²) >= 11 is 0. The van der Waals surface area contributed by atoms with Crippen LogP contribution in [-0.2, 0) is 20.9 Å². The molecule has 1 aromatic carbocycles. The van der Waals surface area contributed by atoms with Gasteiger partial charge < -0.3 is 14.6 Å². The molecule has 1 aromatic rings. The second kappa shape index (κ2) is 6.58. The molecule has 0 spiro atoms. The van der Waals surface area contributed by atoms with Gasteiger partial charge in [-0.2, -0.15) is 0 Å². The number of nitrogens with zero attached hydrogens (tertiary/aromatic N) is 1. The number of esters is 1. The molecule has 1 amide bonds. The Morgan fingerprint density at radius 2 is 2.19 bits per heavy atom. The molecule has 1 N–H and O–H groups in total. The van der Waals surface area contributed by atoms with Gasteiger partial charge in [-0.15, -0.1) is 0 Å². The van der Waals surface area contributed by atoms with Crippen molar-refractivity contribution in [2.75, 3.05) is 18.1 Å². The van der Waals surface area contributed by atoms with Crippen LogP contribution in [0.15, 0.2) is 18.2 Å². The molecule has 0 bridgehead atoms. The number of hydrogen-bond acceptors (Lipinski definition) is 5. The number of carbonyl (C=O) groups excluding carboxylic acids is 2. The molecule has 114 valence electrons. The highest BCUT2D eigenvalue weighted by Gasteiger charge is 2.34. The highest BCUT2D eigenvalue weighted by molar-refractivity contribution is 6.03. The van der Waals surface area contributed by atoms with E-state index in [0.29, 0.717) is 23.4 Å². The minimum Gasteiger partial charge on any atom is -0.478 e. The molecule has 1 aliphatic rings. The maximum atomic E-state index is 12.4. The largest absolute Gasteiger partial charge is 0.478 e. The van der Waals surface area contributed by atoms with Gasteiger partial charge in [0, 0.05) is 0 Å². The lowest BCUT2D eigenvalue weighted by atomic mass is 10.1. The van der Waals surface area contributed by atoms with Gasteiger partial charge in [0.2, 0.25) is 0 Å². The van der Waals surface area contributed by atoms with Crippen molar-refractivity contribution in [1.82, 2.24) is 0 Å². The summed E-state index contributed by atoms with van der Waals surface area (Å²) in [7, 11) is 0. The molecule has 1 heterocycles. The van der Waals surface area contributed by atoms with Gasteiger partial charge in [0.15, 0.2) is 6.10 Å². The molecule has 1 aliphatic heterocycles. The standard InChI is InChI=1S/C15H19NO5/c1-3-12-15(19)16(8-14(18)20-4-2)11-7-10(9-17)5-6-13(11)21-12/h5-7,12,17H,3-4,8-9H2,1-2H3. The Morgan fingerprint density at radius 1 is 1.43 bits per heavy atom. The number of ether oxygens (including phenoxy) is 2. The van der Waals surface area contributed by atoms with E-state index in [1.54, 1.807) is 25.1 Å². The number of hydrogen-bond donors (Lipinski definition) is 1. The molecule has 6 nitrogen and oxygen atoms in total. The van der Waals surface area contributed by atoms with E-state index in [2.05, 4.69) is 0 Å². The van der Waals surface area contributed by atoms with Crippen LogP contribution in [0.4, 0.5) is 5.69 Å². The van der Waals surface area contributed by atoms with Crippen molar-refractivity contribution in [3.05, 3.63) is 23.8 Å². The van der Waals surface area contributed by atoms with Crippen LogP contribution < -0.4 is 9.64 Å². The summed E-state index contributed by atoms with van der Waals surface area (Å²) in [4.78, 5) is 25.5. The lowest BCUT2D eigenvalue weighted by Crippen LogP contribution is -2.48. The third-order valence-corrected chi connectivity index (χ3v) is 3.27. The second-order valence-electron chi connectivity index (χ2n) is 4.70. The summed E-state index contributed by atoms with van der Waals surface area (Å²) in [6.45, 7) is 3.52. The normalized spacial score (nSPS) is 17.2. The van der Waals surface area contributed by atoms with Gasteiger partial charge >= 0.3 is 5.97 Å². The summed E-state index contributed by atoms with van der Waals surface area (Å²) in [5.74, 6) is -0.209. The van der Waals surface area contributed by atoms with E-state index < -0.39 is 12.1 Å². The second-order valence-corrected chi connectivity index (χ2v) is 4.70. The molecule has 0 fully saturated rings. The summed E-state index contributed by atoms with van der Waals surface area (Å²) in [6.07, 6.45) is -0.0915. The van der Waals surface area contributed by atoms with Crippen LogP contribution in [0.25, 0.3) is 0 Å². The van der Waals surface area contributed by atoms with Crippen LogP contribution in [0.1, 0.15) is 25.8 Å². The lowest BCUT2D eigenvalue weighted by molar-refractivity contribution is -0.143. The van der Waals surface area contributed by atoms with E-state index >= 15 is 0 Å². The number of amides is 1. The molecule has 2 rings (SSSR count). The van der Waals surface area contributed by atoms with Crippen molar-refractivity contribution in [1.29, 1.82) is 0 Å². The lowest BCUT2D eigenvalue weighted by Gasteiger charge is -2.33. The Morgan fingerprint density at radius 3 is 2.81 bits per heavy atom. The topological polar surface area (TPSA) is 76.1 Å². The SMILES string of the molecule is CCOC(=O)CN1C(=O)C(CC)Oc2ccc(CO)cc21. The first kappa shape index (κ1) is 15.3. The van der Waals surface area contributed by atoms with Gasteiger partial charge in [0.1, 0.15) is 12.3 Å². The first-order valence-electron chi connectivity index (χ1n) is 6.98. The summed E-state index contributed by atoms with van der Waals surface area (Å²) in [5, 5.41) is 9.22. The number of benzene rings is 1. The van der Waals surface area contributed by atoms with E-state index in [9.17, 15) is 14.7 Å². The van der Waals surface area contributed by atoms with Crippen LogP contribution in [0, 0.1) is 0 Å². The molecule has 1 atom stereocenters. The molecule has 0 aromatic heterocycles. The Labute approximate surface area is 123 Å². The van der Waals surface area contributed by atoms with Crippen LogP contribution in [-0.4, -0.2) is 36.2 Å². The molecular formula is C15H19NO5. The van der Waals surface area contributed by atoms with E-state index in [1.807, 2.05) is 6.92 Å². The van der Waals surface area contributed by atoms with Gasteiger partial charge in [-0.05, 0) is 31.0 Å². The summed E-state index contributed by atoms with van der Waals surface area (Å²) in [5.41, 5.74) is 1.14. The van der Waals surface area contributed by atoms with Crippen molar-refractivity contribution in [3.8, 4) is 5.75 Å². The molecule has 0 saturated heterocycles. The highest BCUT2D eigenvalue weighted by Crippen LogP contribution is 2.35. The van der Waals surface area contributed by atoms with Crippen molar-refractivity contribution in [2.24, 2.45) is 0 Å². The molecule has 1 unspecified atom stereocenters. The molecule has 6 heteroatoms. The van der Waals surface area contributed by atoms with E-state index in [-0.39, 0.29) is 25.7 Å². The van der Waals surface area contributed by atoms with E-state index in [1.165, 1.54) is 4.90 Å². The number of aliphatic hydroxyl groups is 1. The van der Waals surface area contributed by atoms with Gasteiger partial charge in [-0.25, -0.2) is 0 Å². The average molecular weight is 293 g/mol. The molecular weight excluding hydrogens is 274 g/mol. The molecule has 0 aliphatic carbocycles. The fourth-order valence-corrected chi connectivity index (χ4v) is 2.22. The van der Waals surface area contributed by atoms with E-state index in [4.69, 9.17) is 9.47 Å². The first-order valence-corrected chi connectivity index (χ1v) is 6.98. The van der Waals surface area contributed by atoms with Gasteiger partial charge in [0.25, 0.3) is 5.91 Å². The van der Waals surface area contributed by atoms with Crippen LogP contribution >= 0.6 is 0 Å². The Hall–Kier alpha value is -2.08. The number of fused-ring (bicyclic) bond motifs is 1. The van der Waals surface area contributed by atoms with Crippen molar-refractivity contribution in [2.45, 2.75) is 33.0 Å². The van der Waals surface area contributed by atoms with Crippen LogP contribution in [0.2, 0.25) is 0 Å². The van der Waals surface area contributed by atoms with Crippen molar-refractivity contribution < 1.29 is 24.2 Å². The zero-order chi connectivity index (χ0) is 15.4. The minimum atomic E-state index is -0.605. The van der Waals surface area contributed by atoms with Gasteiger partial charge in [0.05, 0.1) is 18.9 Å². The zero-order valence-corrected chi connectivity index (χ0v) is 12.2. The predicted molar refractivity (Wildman–Crippen MR) is 76.1 cm³/mol. The zero-order valence-electron chi connectivity index (χ0n) is 12.2. The number of rotatable bonds is 5. The quantitative estimate of drug-likeness (QED) is 0.827. The average Bonchev–Trinajstić information content (AvgIpc) is 2.49. The Balaban J connectivity index is 2.36. The fourth-order valence-electron chi connectivity index (χ4n) is 2.22. The number of anilines is 1. The van der Waals surface area contributed by atoms with Crippen LogP contribution in [0.3, 0.4) is 0 Å². The third-order valence-electron chi connectivity index (χ3n) is 3.27. The smallest absolute Gasteiger partial charge is 0.326 e. The predicted octanol–water partition coefficient (Wildman–Crippen LogP) is 1.25. The third kappa shape index (κ3) is 3.16. The first-order chi connectivity index (χ1) is 10.1. The summed E-state index contributed by atoms with van der Waals surface area (Å²) in [6, 6.07) is 5.08. The molecule has 21 heavy (non-hydrogen) atoms. The van der Waals surface area contributed by atoms with Crippen molar-refractivity contribution >= 4 is 17.6 Å². The number of carbonyl (C=O) groups is 2. The number of aliphatic hydroxyl groups excluding tert-OH is 1. The maximum absolute atomic E-state index is 12.4.